The van der Waals surface area contributed by atoms with Gasteiger partial charge in [-0.3, -0.25) is 0 Å². The van der Waals surface area contributed by atoms with Crippen LogP contribution in [0.3, 0.4) is 0 Å². The maximum atomic E-state index is 3.77. The first-order chi connectivity index (χ1) is 8.81. The minimum atomic E-state index is 0.395. The average molecular weight is 262 g/mol. The molecule has 1 aromatic carbocycles. The van der Waals surface area contributed by atoms with Crippen LogP contribution < -0.4 is 5.32 Å². The Morgan fingerprint density at radius 2 is 1.68 bits per heavy atom. The zero-order valence-electron chi connectivity index (χ0n) is 13.6. The van der Waals surface area contributed by atoms with Gasteiger partial charge in [-0.2, -0.15) is 0 Å². The van der Waals surface area contributed by atoms with Gasteiger partial charge < -0.3 is 10.2 Å². The number of likely N-dealkylation sites (N-methyl/N-ethyl adjacent to an activating group) is 1. The van der Waals surface area contributed by atoms with Crippen molar-refractivity contribution in [2.24, 2.45) is 5.92 Å². The number of aryl methyl sites for hydroxylation is 2. The fourth-order valence-electron chi connectivity index (χ4n) is 2.30. The van der Waals surface area contributed by atoms with E-state index in [1.807, 2.05) is 0 Å². The van der Waals surface area contributed by atoms with Crippen LogP contribution in [0, 0.1) is 19.8 Å². The van der Waals surface area contributed by atoms with Gasteiger partial charge in [0.2, 0.25) is 0 Å². The quantitative estimate of drug-likeness (QED) is 0.843. The molecule has 2 unspecified atom stereocenters. The largest absolute Gasteiger partial charge is 0.308 e. The first kappa shape index (κ1) is 16.2. The molecule has 1 rings (SSSR count). The second-order valence-corrected chi connectivity index (χ2v) is 6.34. The predicted octanol–water partition coefficient (Wildman–Crippen LogP) is 3.54. The lowest BCUT2D eigenvalue weighted by Crippen LogP contribution is -2.43. The van der Waals surface area contributed by atoms with E-state index in [-0.39, 0.29) is 0 Å². The molecule has 0 amide bonds. The number of nitrogens with one attached hydrogen (secondary N) is 1. The molecular formula is C17H30N2. The highest BCUT2D eigenvalue weighted by molar-refractivity contribution is 5.31. The average Bonchev–Trinajstić information content (AvgIpc) is 2.31. The van der Waals surface area contributed by atoms with E-state index in [4.69, 9.17) is 0 Å². The maximum absolute atomic E-state index is 3.77. The number of benzene rings is 1. The summed E-state index contributed by atoms with van der Waals surface area (Å²) in [7, 11) is 4.27. The summed E-state index contributed by atoms with van der Waals surface area (Å²) in [5.41, 5.74) is 4.12. The van der Waals surface area contributed by atoms with Gasteiger partial charge in [-0.1, -0.05) is 32.0 Å². The summed E-state index contributed by atoms with van der Waals surface area (Å²) in [6, 6.07) is 7.69. The second kappa shape index (κ2) is 7.06. The van der Waals surface area contributed by atoms with Crippen LogP contribution in [0.4, 0.5) is 0 Å². The molecule has 0 heterocycles. The highest BCUT2D eigenvalue weighted by atomic mass is 15.1. The van der Waals surface area contributed by atoms with Crippen molar-refractivity contribution >= 4 is 0 Å². The summed E-state index contributed by atoms with van der Waals surface area (Å²) >= 11 is 0. The molecule has 0 radical (unpaired) electrons. The van der Waals surface area contributed by atoms with E-state index in [0.717, 1.165) is 6.54 Å². The van der Waals surface area contributed by atoms with E-state index in [1.165, 1.54) is 16.7 Å². The van der Waals surface area contributed by atoms with Crippen molar-refractivity contribution in [3.63, 3.8) is 0 Å². The van der Waals surface area contributed by atoms with Crippen molar-refractivity contribution in [2.45, 2.75) is 46.7 Å². The maximum Gasteiger partial charge on any atom is 0.0295 e. The SMILES string of the molecule is Cc1ccc(C(C)NC(CN(C)C)C(C)C)cc1C. The molecule has 0 fully saturated rings. The molecule has 108 valence electrons. The highest BCUT2D eigenvalue weighted by Gasteiger charge is 2.17. The van der Waals surface area contributed by atoms with Crippen molar-refractivity contribution < 1.29 is 0 Å². The van der Waals surface area contributed by atoms with E-state index in [1.54, 1.807) is 0 Å². The fraction of sp³-hybridized carbons (Fsp3) is 0.647. The summed E-state index contributed by atoms with van der Waals surface area (Å²) < 4.78 is 0. The molecule has 0 spiro atoms. The monoisotopic (exact) mass is 262 g/mol. The molecule has 0 aliphatic rings. The van der Waals surface area contributed by atoms with Gasteiger partial charge in [-0.15, -0.1) is 0 Å². The summed E-state index contributed by atoms with van der Waals surface area (Å²) in [6.07, 6.45) is 0. The van der Waals surface area contributed by atoms with Crippen LogP contribution in [0.2, 0.25) is 0 Å². The molecule has 2 heteroatoms. The molecule has 1 aromatic rings. The summed E-state index contributed by atoms with van der Waals surface area (Å²) in [6.45, 7) is 12.3. The van der Waals surface area contributed by atoms with Gasteiger partial charge in [0.15, 0.2) is 0 Å². The van der Waals surface area contributed by atoms with E-state index >= 15 is 0 Å². The Morgan fingerprint density at radius 1 is 1.05 bits per heavy atom. The number of hydrogen-bond acceptors (Lipinski definition) is 2. The van der Waals surface area contributed by atoms with E-state index in [9.17, 15) is 0 Å². The molecule has 19 heavy (non-hydrogen) atoms. The van der Waals surface area contributed by atoms with Crippen molar-refractivity contribution in [1.29, 1.82) is 0 Å². The Balaban J connectivity index is 2.75. The fourth-order valence-corrected chi connectivity index (χ4v) is 2.30. The smallest absolute Gasteiger partial charge is 0.0295 e. The van der Waals surface area contributed by atoms with Crippen molar-refractivity contribution in [2.75, 3.05) is 20.6 Å². The third kappa shape index (κ3) is 4.96. The molecule has 2 atom stereocenters. The third-order valence-corrected chi connectivity index (χ3v) is 3.86. The Morgan fingerprint density at radius 3 is 2.16 bits per heavy atom. The van der Waals surface area contributed by atoms with Gasteiger partial charge in [0, 0.05) is 18.6 Å². The van der Waals surface area contributed by atoms with E-state index in [2.05, 4.69) is 77.1 Å². The van der Waals surface area contributed by atoms with Gasteiger partial charge in [0.25, 0.3) is 0 Å². The van der Waals surface area contributed by atoms with E-state index in [0.29, 0.717) is 18.0 Å². The number of rotatable bonds is 6. The van der Waals surface area contributed by atoms with Gasteiger partial charge in [0.1, 0.15) is 0 Å². The van der Waals surface area contributed by atoms with Crippen LogP contribution in [-0.4, -0.2) is 31.6 Å². The zero-order chi connectivity index (χ0) is 14.6. The Bertz CT molecular complexity index is 396. The third-order valence-electron chi connectivity index (χ3n) is 3.86. The molecule has 0 saturated heterocycles. The van der Waals surface area contributed by atoms with Crippen molar-refractivity contribution in [3.05, 3.63) is 34.9 Å². The Labute approximate surface area is 119 Å². The lowest BCUT2D eigenvalue weighted by atomic mass is 9.98. The first-order valence-corrected chi connectivity index (χ1v) is 7.29. The van der Waals surface area contributed by atoms with Crippen LogP contribution in [0.15, 0.2) is 18.2 Å². The molecule has 0 aliphatic heterocycles. The highest BCUT2D eigenvalue weighted by Crippen LogP contribution is 2.18. The number of nitrogens with zero attached hydrogens (tertiary/aromatic N) is 1. The van der Waals surface area contributed by atoms with Crippen molar-refractivity contribution in [3.8, 4) is 0 Å². The van der Waals surface area contributed by atoms with Gasteiger partial charge in [0.05, 0.1) is 0 Å². The van der Waals surface area contributed by atoms with Crippen LogP contribution in [0.1, 0.15) is 43.5 Å². The molecule has 1 N–H and O–H groups in total. The Kier molecular flexibility index (Phi) is 6.02. The first-order valence-electron chi connectivity index (χ1n) is 7.29. The van der Waals surface area contributed by atoms with Crippen LogP contribution in [0.5, 0.6) is 0 Å². The van der Waals surface area contributed by atoms with Crippen LogP contribution in [-0.2, 0) is 0 Å². The minimum absolute atomic E-state index is 0.395. The summed E-state index contributed by atoms with van der Waals surface area (Å²) in [5.74, 6) is 0.636. The topological polar surface area (TPSA) is 15.3 Å². The molecular weight excluding hydrogens is 232 g/mol. The molecule has 0 aromatic heterocycles. The number of hydrogen-bond donors (Lipinski definition) is 1. The van der Waals surface area contributed by atoms with Gasteiger partial charge in [-0.05, 0) is 57.5 Å². The second-order valence-electron chi connectivity index (χ2n) is 6.34. The molecule has 0 saturated carbocycles. The van der Waals surface area contributed by atoms with Gasteiger partial charge in [-0.25, -0.2) is 0 Å². The van der Waals surface area contributed by atoms with Crippen LogP contribution in [0.25, 0.3) is 0 Å². The lowest BCUT2D eigenvalue weighted by molar-refractivity contribution is 0.273. The summed E-state index contributed by atoms with van der Waals surface area (Å²) in [5, 5.41) is 3.77. The molecule has 2 nitrogen and oxygen atoms in total. The molecule has 0 bridgehead atoms. The van der Waals surface area contributed by atoms with Gasteiger partial charge >= 0.3 is 0 Å². The predicted molar refractivity (Wildman–Crippen MR) is 84.6 cm³/mol. The normalized spacial score (nSPS) is 15.0. The molecule has 0 aliphatic carbocycles. The standard InChI is InChI=1S/C17H30N2/c1-12(2)17(11-19(6)7)18-15(5)16-9-8-13(3)14(4)10-16/h8-10,12,15,17-18H,11H2,1-7H3. The minimum Gasteiger partial charge on any atom is -0.308 e. The summed E-state index contributed by atoms with van der Waals surface area (Å²) in [4.78, 5) is 2.25. The zero-order valence-corrected chi connectivity index (χ0v) is 13.6. The lowest BCUT2D eigenvalue weighted by Gasteiger charge is -2.29. The van der Waals surface area contributed by atoms with Crippen LogP contribution >= 0.6 is 0 Å². The Hall–Kier alpha value is -0.860. The van der Waals surface area contributed by atoms with Crippen molar-refractivity contribution in [1.82, 2.24) is 10.2 Å². The van der Waals surface area contributed by atoms with E-state index < -0.39 is 0 Å².